The van der Waals surface area contributed by atoms with Gasteiger partial charge in [-0.3, -0.25) is 4.79 Å². The first kappa shape index (κ1) is 15.4. The predicted octanol–water partition coefficient (Wildman–Crippen LogP) is 1.21. The highest BCUT2D eigenvalue weighted by molar-refractivity contribution is 5.83. The molecule has 0 aromatic carbocycles. The van der Waals surface area contributed by atoms with Gasteiger partial charge in [0.25, 0.3) is 0 Å². The number of carbonyl (C=O) groups excluding carboxylic acids is 1. The van der Waals surface area contributed by atoms with E-state index in [1.807, 2.05) is 0 Å². The van der Waals surface area contributed by atoms with Crippen LogP contribution in [0.25, 0.3) is 0 Å². The third kappa shape index (κ3) is 3.95. The Morgan fingerprint density at radius 3 is 2.33 bits per heavy atom. The van der Waals surface area contributed by atoms with E-state index in [9.17, 15) is 4.79 Å². The second kappa shape index (κ2) is 6.02. The SMILES string of the molecule is CN(C)CC(C)(C)CNC(=O)C1(CN)CCCC1. The van der Waals surface area contributed by atoms with E-state index in [4.69, 9.17) is 5.73 Å². The van der Waals surface area contributed by atoms with Gasteiger partial charge in [0.1, 0.15) is 0 Å². The van der Waals surface area contributed by atoms with Crippen LogP contribution >= 0.6 is 0 Å². The molecule has 0 saturated heterocycles. The van der Waals surface area contributed by atoms with Crippen LogP contribution in [0, 0.1) is 10.8 Å². The van der Waals surface area contributed by atoms with Crippen molar-refractivity contribution in [3.8, 4) is 0 Å². The zero-order valence-corrected chi connectivity index (χ0v) is 12.4. The Balaban J connectivity index is 2.50. The van der Waals surface area contributed by atoms with E-state index < -0.39 is 0 Å². The lowest BCUT2D eigenvalue weighted by Gasteiger charge is -2.31. The maximum Gasteiger partial charge on any atom is 0.227 e. The molecule has 106 valence electrons. The van der Waals surface area contributed by atoms with Crippen LogP contribution in [0.5, 0.6) is 0 Å². The number of nitrogens with zero attached hydrogens (tertiary/aromatic N) is 1. The predicted molar refractivity (Wildman–Crippen MR) is 75.3 cm³/mol. The maximum absolute atomic E-state index is 12.3. The average Bonchev–Trinajstić information content (AvgIpc) is 2.74. The summed E-state index contributed by atoms with van der Waals surface area (Å²) in [5.41, 5.74) is 5.63. The van der Waals surface area contributed by atoms with Crippen molar-refractivity contribution in [1.82, 2.24) is 10.2 Å². The smallest absolute Gasteiger partial charge is 0.227 e. The number of hydrogen-bond donors (Lipinski definition) is 2. The minimum absolute atomic E-state index is 0.0908. The van der Waals surface area contributed by atoms with Gasteiger partial charge in [0, 0.05) is 19.6 Å². The molecule has 4 nitrogen and oxygen atoms in total. The molecule has 1 aliphatic carbocycles. The summed E-state index contributed by atoms with van der Waals surface area (Å²) < 4.78 is 0. The lowest BCUT2D eigenvalue weighted by Crippen LogP contribution is -2.48. The molecule has 18 heavy (non-hydrogen) atoms. The number of rotatable bonds is 6. The minimum Gasteiger partial charge on any atom is -0.355 e. The second-order valence-electron chi connectivity index (χ2n) is 6.78. The number of nitrogens with two attached hydrogens (primary N) is 1. The fourth-order valence-electron chi connectivity index (χ4n) is 2.99. The van der Waals surface area contributed by atoms with Crippen molar-refractivity contribution in [3.05, 3.63) is 0 Å². The van der Waals surface area contributed by atoms with Gasteiger partial charge >= 0.3 is 0 Å². The molecule has 1 aliphatic rings. The second-order valence-corrected chi connectivity index (χ2v) is 6.78. The zero-order chi connectivity index (χ0) is 13.8. The van der Waals surface area contributed by atoms with Crippen LogP contribution in [-0.2, 0) is 4.79 Å². The van der Waals surface area contributed by atoms with Crippen molar-refractivity contribution in [2.75, 3.05) is 33.7 Å². The third-order valence-electron chi connectivity index (χ3n) is 3.90. The molecule has 4 heteroatoms. The molecule has 0 bridgehead atoms. The van der Waals surface area contributed by atoms with Crippen molar-refractivity contribution in [2.24, 2.45) is 16.6 Å². The lowest BCUT2D eigenvalue weighted by atomic mass is 9.84. The van der Waals surface area contributed by atoms with Crippen LogP contribution in [0.4, 0.5) is 0 Å². The van der Waals surface area contributed by atoms with Gasteiger partial charge in [-0.15, -0.1) is 0 Å². The highest BCUT2D eigenvalue weighted by Gasteiger charge is 2.40. The third-order valence-corrected chi connectivity index (χ3v) is 3.90. The first-order valence-electron chi connectivity index (χ1n) is 6.94. The molecule has 1 fully saturated rings. The number of carbonyl (C=O) groups is 1. The standard InChI is InChI=1S/C14H29N3O/c1-13(2,11-17(3)4)10-16-12(18)14(9-15)7-5-6-8-14/h5-11,15H2,1-4H3,(H,16,18). The molecule has 0 spiro atoms. The molecule has 1 rings (SSSR count). The molecule has 0 aliphatic heterocycles. The van der Waals surface area contributed by atoms with Crippen LogP contribution < -0.4 is 11.1 Å². The van der Waals surface area contributed by atoms with Crippen molar-refractivity contribution in [3.63, 3.8) is 0 Å². The highest BCUT2D eigenvalue weighted by Crippen LogP contribution is 2.37. The zero-order valence-electron chi connectivity index (χ0n) is 12.4. The van der Waals surface area contributed by atoms with Crippen LogP contribution in [0.15, 0.2) is 0 Å². The van der Waals surface area contributed by atoms with Crippen molar-refractivity contribution in [2.45, 2.75) is 39.5 Å². The van der Waals surface area contributed by atoms with Gasteiger partial charge in [-0.25, -0.2) is 0 Å². The number of hydrogen-bond acceptors (Lipinski definition) is 3. The van der Waals surface area contributed by atoms with Crippen LogP contribution in [-0.4, -0.2) is 44.5 Å². The van der Waals surface area contributed by atoms with E-state index in [-0.39, 0.29) is 16.7 Å². The summed E-state index contributed by atoms with van der Waals surface area (Å²) in [6.07, 6.45) is 4.16. The summed E-state index contributed by atoms with van der Waals surface area (Å²) in [5, 5.41) is 3.12. The van der Waals surface area contributed by atoms with Gasteiger partial charge in [-0.2, -0.15) is 0 Å². The normalized spacial score (nSPS) is 19.2. The highest BCUT2D eigenvalue weighted by atomic mass is 16.2. The summed E-state index contributed by atoms with van der Waals surface area (Å²) in [4.78, 5) is 14.5. The monoisotopic (exact) mass is 255 g/mol. The summed E-state index contributed by atoms with van der Waals surface area (Å²) >= 11 is 0. The molecule has 1 amide bonds. The summed E-state index contributed by atoms with van der Waals surface area (Å²) in [5.74, 6) is 0.161. The van der Waals surface area contributed by atoms with Crippen LogP contribution in [0.1, 0.15) is 39.5 Å². The van der Waals surface area contributed by atoms with Gasteiger partial charge in [0.2, 0.25) is 5.91 Å². The van der Waals surface area contributed by atoms with E-state index in [0.717, 1.165) is 32.2 Å². The summed E-state index contributed by atoms with van der Waals surface area (Å²) in [6, 6.07) is 0. The van der Waals surface area contributed by atoms with Crippen molar-refractivity contribution < 1.29 is 4.79 Å². The molecule has 0 radical (unpaired) electrons. The van der Waals surface area contributed by atoms with E-state index in [0.29, 0.717) is 13.1 Å². The van der Waals surface area contributed by atoms with E-state index in [2.05, 4.69) is 38.2 Å². The van der Waals surface area contributed by atoms with Gasteiger partial charge in [0.05, 0.1) is 5.41 Å². The Bertz CT molecular complexity index is 281. The molecule has 0 heterocycles. The molecular formula is C14H29N3O. The Morgan fingerprint density at radius 1 is 1.33 bits per heavy atom. The summed E-state index contributed by atoms with van der Waals surface area (Å²) in [7, 11) is 4.11. The minimum atomic E-state index is -0.284. The van der Waals surface area contributed by atoms with E-state index in [1.165, 1.54) is 0 Å². The number of amides is 1. The van der Waals surface area contributed by atoms with Crippen LogP contribution in [0.2, 0.25) is 0 Å². The largest absolute Gasteiger partial charge is 0.355 e. The Hall–Kier alpha value is -0.610. The molecule has 0 unspecified atom stereocenters. The molecule has 1 saturated carbocycles. The number of nitrogens with one attached hydrogen (secondary N) is 1. The van der Waals surface area contributed by atoms with E-state index in [1.54, 1.807) is 0 Å². The van der Waals surface area contributed by atoms with E-state index >= 15 is 0 Å². The molecule has 0 aromatic heterocycles. The quantitative estimate of drug-likeness (QED) is 0.750. The van der Waals surface area contributed by atoms with Crippen molar-refractivity contribution in [1.29, 1.82) is 0 Å². The fourth-order valence-corrected chi connectivity index (χ4v) is 2.99. The molecule has 3 N–H and O–H groups in total. The van der Waals surface area contributed by atoms with Gasteiger partial charge in [-0.1, -0.05) is 26.7 Å². The molecular weight excluding hydrogens is 226 g/mol. The topological polar surface area (TPSA) is 58.4 Å². The average molecular weight is 255 g/mol. The molecule has 0 aromatic rings. The van der Waals surface area contributed by atoms with Gasteiger partial charge in [-0.05, 0) is 32.4 Å². The maximum atomic E-state index is 12.3. The lowest BCUT2D eigenvalue weighted by molar-refractivity contribution is -0.130. The van der Waals surface area contributed by atoms with Crippen molar-refractivity contribution >= 4 is 5.91 Å². The first-order chi connectivity index (χ1) is 8.31. The van der Waals surface area contributed by atoms with Crippen LogP contribution in [0.3, 0.4) is 0 Å². The first-order valence-corrected chi connectivity index (χ1v) is 6.94. The summed E-state index contributed by atoms with van der Waals surface area (Å²) in [6.45, 7) is 6.51. The Morgan fingerprint density at radius 2 is 1.89 bits per heavy atom. The molecule has 0 atom stereocenters. The Labute approximate surface area is 111 Å². The Kier molecular flexibility index (Phi) is 5.17. The fraction of sp³-hybridized carbons (Fsp3) is 0.929. The van der Waals surface area contributed by atoms with Gasteiger partial charge < -0.3 is 16.0 Å². The van der Waals surface area contributed by atoms with Gasteiger partial charge in [0.15, 0.2) is 0 Å².